The van der Waals surface area contributed by atoms with Gasteiger partial charge in [0.05, 0.1) is 11.0 Å². The van der Waals surface area contributed by atoms with E-state index < -0.39 is 0 Å². The lowest BCUT2D eigenvalue weighted by molar-refractivity contribution is -0.124. The Kier molecular flexibility index (Phi) is 6.31. The number of fused-ring (bicyclic) bond motifs is 1. The molecule has 0 aliphatic carbocycles. The monoisotopic (exact) mass is 398 g/mol. The lowest BCUT2D eigenvalue weighted by Crippen LogP contribution is -2.30. The van der Waals surface area contributed by atoms with Crippen molar-refractivity contribution in [2.24, 2.45) is 5.92 Å². The fourth-order valence-corrected chi connectivity index (χ4v) is 3.00. The lowest BCUT2D eigenvalue weighted by atomic mass is 10.2. The number of carbonyl (C=O) groups excluding carboxylic acids is 2. The molecule has 0 unspecified atom stereocenters. The maximum Gasteiger partial charge on any atom is 0.244 e. The average Bonchev–Trinajstić information content (AvgIpc) is 3.01. The number of hydrogen-bond acceptors (Lipinski definition) is 3. The summed E-state index contributed by atoms with van der Waals surface area (Å²) in [7, 11) is 0. The predicted molar refractivity (Wildman–Crippen MR) is 111 cm³/mol. The summed E-state index contributed by atoms with van der Waals surface area (Å²) >= 11 is 5.88. The lowest BCUT2D eigenvalue weighted by Gasteiger charge is -2.11. The van der Waals surface area contributed by atoms with Crippen LogP contribution in [0.2, 0.25) is 5.02 Å². The van der Waals surface area contributed by atoms with E-state index in [0.717, 1.165) is 16.9 Å². The molecule has 6 nitrogen and oxygen atoms in total. The molecule has 0 saturated heterocycles. The van der Waals surface area contributed by atoms with E-state index in [1.807, 2.05) is 42.7 Å². The molecule has 0 aliphatic rings. The summed E-state index contributed by atoms with van der Waals surface area (Å²) in [5.41, 5.74) is 2.40. The van der Waals surface area contributed by atoms with Gasteiger partial charge in [0.15, 0.2) is 0 Å². The Morgan fingerprint density at radius 1 is 1.11 bits per heavy atom. The molecule has 0 bridgehead atoms. The van der Waals surface area contributed by atoms with Crippen molar-refractivity contribution in [2.45, 2.75) is 26.8 Å². The van der Waals surface area contributed by atoms with E-state index in [0.29, 0.717) is 23.7 Å². The molecule has 7 heteroatoms. The smallest absolute Gasteiger partial charge is 0.244 e. The van der Waals surface area contributed by atoms with Crippen LogP contribution in [-0.2, 0) is 22.6 Å². The second kappa shape index (κ2) is 8.89. The van der Waals surface area contributed by atoms with Crippen molar-refractivity contribution in [3.05, 3.63) is 59.4 Å². The van der Waals surface area contributed by atoms with Gasteiger partial charge in [-0.3, -0.25) is 9.59 Å². The summed E-state index contributed by atoms with van der Waals surface area (Å²) in [6, 6.07) is 14.7. The Bertz CT molecular complexity index is 980. The maximum atomic E-state index is 12.6. The minimum Gasteiger partial charge on any atom is -0.355 e. The largest absolute Gasteiger partial charge is 0.355 e. The molecule has 0 spiro atoms. The summed E-state index contributed by atoms with van der Waals surface area (Å²) in [4.78, 5) is 29.0. The first kappa shape index (κ1) is 19.9. The number of carbonyl (C=O) groups is 2. The Hall–Kier alpha value is -2.86. The highest BCUT2D eigenvalue weighted by atomic mass is 35.5. The first-order valence-corrected chi connectivity index (χ1v) is 9.59. The van der Waals surface area contributed by atoms with Gasteiger partial charge in [-0.1, -0.05) is 37.6 Å². The van der Waals surface area contributed by atoms with Crippen LogP contribution in [0.4, 0.5) is 5.69 Å². The van der Waals surface area contributed by atoms with Gasteiger partial charge in [0.25, 0.3) is 0 Å². The number of halogens is 1. The van der Waals surface area contributed by atoms with Crippen LogP contribution in [0, 0.1) is 5.92 Å². The Morgan fingerprint density at radius 2 is 1.82 bits per heavy atom. The zero-order valence-corrected chi connectivity index (χ0v) is 16.7. The van der Waals surface area contributed by atoms with Gasteiger partial charge < -0.3 is 15.2 Å². The maximum absolute atomic E-state index is 12.6. The van der Waals surface area contributed by atoms with Crippen molar-refractivity contribution >= 4 is 40.1 Å². The topological polar surface area (TPSA) is 76.0 Å². The predicted octanol–water partition coefficient (Wildman–Crippen LogP) is 3.64. The molecule has 146 valence electrons. The molecule has 1 aromatic heterocycles. The molecule has 0 atom stereocenters. The van der Waals surface area contributed by atoms with E-state index in [4.69, 9.17) is 11.6 Å². The molecule has 2 N–H and O–H groups in total. The minimum atomic E-state index is -0.155. The van der Waals surface area contributed by atoms with Crippen LogP contribution in [0.5, 0.6) is 0 Å². The third-order valence-corrected chi connectivity index (χ3v) is 4.59. The van der Waals surface area contributed by atoms with Crippen LogP contribution in [-0.4, -0.2) is 27.9 Å². The van der Waals surface area contributed by atoms with E-state index in [1.54, 1.807) is 24.3 Å². The van der Waals surface area contributed by atoms with Gasteiger partial charge in [-0.15, -0.1) is 0 Å². The molecule has 3 aromatic rings. The first-order chi connectivity index (χ1) is 13.4. The Labute approximate surface area is 168 Å². The van der Waals surface area contributed by atoms with Crippen LogP contribution in [0.25, 0.3) is 11.0 Å². The van der Waals surface area contributed by atoms with Crippen molar-refractivity contribution in [1.82, 2.24) is 14.9 Å². The van der Waals surface area contributed by atoms with Crippen LogP contribution < -0.4 is 10.6 Å². The zero-order chi connectivity index (χ0) is 20.1. The van der Waals surface area contributed by atoms with E-state index in [1.165, 1.54) is 0 Å². The number of amides is 2. The normalized spacial score (nSPS) is 11.0. The van der Waals surface area contributed by atoms with Crippen molar-refractivity contribution in [1.29, 1.82) is 0 Å². The highest BCUT2D eigenvalue weighted by Gasteiger charge is 2.14. The number of anilines is 1. The molecule has 2 amide bonds. The van der Waals surface area contributed by atoms with Crippen LogP contribution in [0.15, 0.2) is 48.5 Å². The van der Waals surface area contributed by atoms with E-state index >= 15 is 0 Å². The molecule has 0 fully saturated rings. The third kappa shape index (κ3) is 4.89. The number of para-hydroxylation sites is 2. The summed E-state index contributed by atoms with van der Waals surface area (Å²) in [6.07, 6.45) is 0.543. The van der Waals surface area contributed by atoms with E-state index in [2.05, 4.69) is 15.6 Å². The summed E-state index contributed by atoms with van der Waals surface area (Å²) in [6.45, 7) is 4.31. The average molecular weight is 399 g/mol. The summed E-state index contributed by atoms with van der Waals surface area (Å²) in [5.74, 6) is 0.543. The fourth-order valence-electron chi connectivity index (χ4n) is 2.87. The first-order valence-electron chi connectivity index (χ1n) is 9.21. The SMILES string of the molecule is CC(C)C(=O)NCCc1nc2ccccc2n1CC(=O)Nc1ccc(Cl)cc1. The molecule has 28 heavy (non-hydrogen) atoms. The Balaban J connectivity index is 1.75. The van der Waals surface area contributed by atoms with Gasteiger partial charge in [0.2, 0.25) is 11.8 Å². The standard InChI is InChI=1S/C21H23ClN4O2/c1-14(2)21(28)23-12-11-19-25-17-5-3-4-6-18(17)26(19)13-20(27)24-16-9-7-15(22)8-10-16/h3-10,14H,11-13H2,1-2H3,(H,23,28)(H,24,27). The van der Waals surface area contributed by atoms with E-state index in [9.17, 15) is 9.59 Å². The van der Waals surface area contributed by atoms with Gasteiger partial charge in [-0.05, 0) is 36.4 Å². The number of nitrogens with one attached hydrogen (secondary N) is 2. The van der Waals surface area contributed by atoms with Crippen LogP contribution in [0.1, 0.15) is 19.7 Å². The van der Waals surface area contributed by atoms with Crippen molar-refractivity contribution < 1.29 is 9.59 Å². The van der Waals surface area contributed by atoms with Crippen molar-refractivity contribution in [3.8, 4) is 0 Å². The van der Waals surface area contributed by atoms with Crippen molar-refractivity contribution in [2.75, 3.05) is 11.9 Å². The molecule has 3 rings (SSSR count). The number of aromatic nitrogens is 2. The van der Waals surface area contributed by atoms with Gasteiger partial charge in [0, 0.05) is 29.6 Å². The van der Waals surface area contributed by atoms with E-state index in [-0.39, 0.29) is 24.3 Å². The molecule has 0 saturated carbocycles. The van der Waals surface area contributed by atoms with Crippen molar-refractivity contribution in [3.63, 3.8) is 0 Å². The highest BCUT2D eigenvalue weighted by molar-refractivity contribution is 6.30. The number of nitrogens with zero attached hydrogens (tertiary/aromatic N) is 2. The number of imidazole rings is 1. The minimum absolute atomic E-state index is 0.00291. The molecule has 0 aliphatic heterocycles. The molecule has 1 heterocycles. The van der Waals surface area contributed by atoms with Crippen LogP contribution >= 0.6 is 11.6 Å². The molecule has 0 radical (unpaired) electrons. The van der Waals surface area contributed by atoms with Gasteiger partial charge in [-0.25, -0.2) is 4.98 Å². The third-order valence-electron chi connectivity index (χ3n) is 4.34. The Morgan fingerprint density at radius 3 is 2.54 bits per heavy atom. The van der Waals surface area contributed by atoms with Gasteiger partial charge >= 0.3 is 0 Å². The number of rotatable bonds is 7. The second-order valence-corrected chi connectivity index (χ2v) is 7.29. The summed E-state index contributed by atoms with van der Waals surface area (Å²) in [5, 5.41) is 6.38. The zero-order valence-electron chi connectivity index (χ0n) is 15.9. The molecule has 2 aromatic carbocycles. The fraction of sp³-hybridized carbons (Fsp3) is 0.286. The van der Waals surface area contributed by atoms with Gasteiger partial charge in [0.1, 0.15) is 12.4 Å². The van der Waals surface area contributed by atoms with Crippen LogP contribution in [0.3, 0.4) is 0 Å². The second-order valence-electron chi connectivity index (χ2n) is 6.85. The molecular weight excluding hydrogens is 376 g/mol. The molecular formula is C21H23ClN4O2. The summed E-state index contributed by atoms with van der Waals surface area (Å²) < 4.78 is 1.89. The quantitative estimate of drug-likeness (QED) is 0.637. The number of hydrogen-bond donors (Lipinski definition) is 2. The highest BCUT2D eigenvalue weighted by Crippen LogP contribution is 2.18. The van der Waals surface area contributed by atoms with Gasteiger partial charge in [-0.2, -0.15) is 0 Å². The number of benzene rings is 2.